The lowest BCUT2D eigenvalue weighted by Crippen LogP contribution is -2.17. The molecule has 3 aliphatic rings. The van der Waals surface area contributed by atoms with Crippen LogP contribution in [-0.4, -0.2) is 55.1 Å². The van der Waals surface area contributed by atoms with Gasteiger partial charge in [-0.2, -0.15) is 0 Å². The van der Waals surface area contributed by atoms with Crippen LogP contribution >= 0.6 is 47.0 Å². The zero-order chi connectivity index (χ0) is 68.7. The summed E-state index contributed by atoms with van der Waals surface area (Å²) in [6.45, 7) is 26.7. The lowest BCUT2D eigenvalue weighted by atomic mass is 9.87. The van der Waals surface area contributed by atoms with Crippen LogP contribution in [0.4, 0.5) is 0 Å². The Morgan fingerprint density at radius 2 is 0.663 bits per heavy atom. The predicted octanol–water partition coefficient (Wildman–Crippen LogP) is 19.1. The normalized spacial score (nSPS) is 14.4. The average Bonchev–Trinajstić information content (AvgIpc) is 0.916. The Morgan fingerprint density at radius 3 is 0.959 bits per heavy atom. The standard InChI is InChI=1S/C80H80N6O8S4/c1-77(2,3)51-31-63-73(91-43-49-23-15-13-16-24-49)64(32-51)96-68-36-54(80(10,11)12)38-70-76(68)94-48-72(88)90-46-56-40-86(84-82-56)42-62-59-29-21-19-27-57(59)61(58-28-20-22-30-60(58)62)41-85-39-55(81-83-85)45-89-71(87)47-93-75-67(95-63)35-53(79(7,8)9)37-69(75)97-65-33-52(78(4,5)6)34-66(98-70)74(65)92-44-50-25-17-14-18-26-50/h13-40H,41-48H2,1-12H3. The van der Waals surface area contributed by atoms with Gasteiger partial charge in [0.15, 0.2) is 13.2 Å². The number of carbonyl (C=O) groups excluding carboxylic acids is 2. The highest BCUT2D eigenvalue weighted by Crippen LogP contribution is 2.57. The Hall–Kier alpha value is -8.68. The summed E-state index contributed by atoms with van der Waals surface area (Å²) >= 11 is 6.13. The first-order valence-electron chi connectivity index (χ1n) is 32.9. The largest absolute Gasteiger partial charge is 0.487 e. The number of hydrogen-bond donors (Lipinski definition) is 0. The maximum absolute atomic E-state index is 14.5. The summed E-state index contributed by atoms with van der Waals surface area (Å²) in [7, 11) is 0. The number of hydrogen-bond acceptors (Lipinski definition) is 16. The van der Waals surface area contributed by atoms with E-state index in [-0.39, 0.29) is 48.1 Å². The number of rotatable bonds is 6. The van der Waals surface area contributed by atoms with Gasteiger partial charge in [0, 0.05) is 0 Å². The second kappa shape index (κ2) is 27.9. The minimum absolute atomic E-state index is 0.135. The van der Waals surface area contributed by atoms with E-state index in [1.54, 1.807) is 9.36 Å². The van der Waals surface area contributed by atoms with Gasteiger partial charge in [-0.3, -0.25) is 0 Å². The molecule has 0 N–H and O–H groups in total. The number of benzene rings is 9. The van der Waals surface area contributed by atoms with Crippen LogP contribution in [0.2, 0.25) is 0 Å². The Kier molecular flexibility index (Phi) is 19.3. The quantitative estimate of drug-likeness (QED) is 0.115. The van der Waals surface area contributed by atoms with E-state index >= 15 is 0 Å². The first kappa shape index (κ1) is 67.9. The number of aromatic nitrogens is 6. The van der Waals surface area contributed by atoms with E-state index in [1.807, 2.05) is 73.1 Å². The number of nitrogens with zero attached hydrogens (tertiary/aromatic N) is 6. The van der Waals surface area contributed by atoms with Gasteiger partial charge in [-0.25, -0.2) is 19.0 Å². The molecule has 18 heteroatoms. The molecule has 0 amide bonds. The van der Waals surface area contributed by atoms with Gasteiger partial charge in [-0.05, 0) is 136 Å². The van der Waals surface area contributed by atoms with E-state index in [1.165, 1.54) is 47.0 Å². The van der Waals surface area contributed by atoms with Crippen LogP contribution in [-0.2, 0) is 80.2 Å². The van der Waals surface area contributed by atoms with Gasteiger partial charge in [-0.1, -0.05) is 250 Å². The molecule has 98 heavy (non-hydrogen) atoms. The monoisotopic (exact) mass is 1380 g/mol. The fourth-order valence-electron chi connectivity index (χ4n) is 11.7. The van der Waals surface area contributed by atoms with Crippen molar-refractivity contribution >= 4 is 80.5 Å². The third-order valence-corrected chi connectivity index (χ3v) is 21.5. The summed E-state index contributed by atoms with van der Waals surface area (Å²) in [6, 6.07) is 54.5. The smallest absolute Gasteiger partial charge is 0.344 e. The Labute approximate surface area is 590 Å². The first-order chi connectivity index (χ1) is 46.8. The van der Waals surface area contributed by atoms with Crippen molar-refractivity contribution in [2.75, 3.05) is 13.2 Å². The molecule has 502 valence electrons. The van der Waals surface area contributed by atoms with Gasteiger partial charge in [0.1, 0.15) is 60.8 Å². The van der Waals surface area contributed by atoms with Crippen LogP contribution < -0.4 is 18.9 Å². The number of ether oxygens (including phenoxy) is 6. The maximum Gasteiger partial charge on any atom is 0.344 e. The van der Waals surface area contributed by atoms with Crippen molar-refractivity contribution in [3.05, 3.63) is 226 Å². The van der Waals surface area contributed by atoms with E-state index in [9.17, 15) is 9.59 Å². The average molecular weight is 1380 g/mol. The third kappa shape index (κ3) is 15.4. The Bertz CT molecular complexity index is 4360. The van der Waals surface area contributed by atoms with Crippen LogP contribution in [0.15, 0.2) is 209 Å². The van der Waals surface area contributed by atoms with E-state index in [4.69, 9.17) is 28.4 Å². The van der Waals surface area contributed by atoms with Gasteiger partial charge in [0.2, 0.25) is 0 Å². The second-order valence-electron chi connectivity index (χ2n) is 28.9. The van der Waals surface area contributed by atoms with E-state index in [0.29, 0.717) is 47.5 Å². The van der Waals surface area contributed by atoms with Crippen molar-refractivity contribution in [2.24, 2.45) is 0 Å². The molecule has 5 heterocycles. The molecule has 14 rings (SSSR count). The van der Waals surface area contributed by atoms with Crippen molar-refractivity contribution in [3.8, 4) is 23.0 Å². The van der Waals surface area contributed by atoms with Crippen LogP contribution in [0.25, 0.3) is 21.5 Å². The molecule has 0 fully saturated rings. The zero-order valence-corrected chi connectivity index (χ0v) is 60.7. The molecule has 0 spiro atoms. The molecule has 0 unspecified atom stereocenters. The molecule has 0 aliphatic carbocycles. The fraction of sp³-hybridized carbons (Fsp3) is 0.300. The molecule has 0 saturated heterocycles. The highest BCUT2D eigenvalue weighted by molar-refractivity contribution is 8.01. The Balaban J connectivity index is 1.03. The fourth-order valence-corrected chi connectivity index (χ4v) is 16.5. The molecule has 0 atom stereocenters. The van der Waals surface area contributed by atoms with Gasteiger partial charge < -0.3 is 28.4 Å². The highest BCUT2D eigenvalue weighted by Gasteiger charge is 2.32. The lowest BCUT2D eigenvalue weighted by molar-refractivity contribution is -0.148. The van der Waals surface area contributed by atoms with E-state index < -0.39 is 25.2 Å². The summed E-state index contributed by atoms with van der Waals surface area (Å²) in [5.74, 6) is 1.08. The number of esters is 2. The van der Waals surface area contributed by atoms with Crippen molar-refractivity contribution in [1.82, 2.24) is 30.0 Å². The van der Waals surface area contributed by atoms with Gasteiger partial charge in [0.25, 0.3) is 0 Å². The van der Waals surface area contributed by atoms with Crippen molar-refractivity contribution in [3.63, 3.8) is 0 Å². The summed E-state index contributed by atoms with van der Waals surface area (Å²) in [5, 5.41) is 22.4. The molecule has 3 aliphatic heterocycles. The summed E-state index contributed by atoms with van der Waals surface area (Å²) in [6.07, 6.45) is 3.64. The van der Waals surface area contributed by atoms with Crippen molar-refractivity contribution < 1.29 is 38.0 Å². The molecular formula is C80H80N6O8S4. The topological polar surface area (TPSA) is 151 Å². The van der Waals surface area contributed by atoms with Gasteiger partial charge in [-0.15, -0.1) is 10.2 Å². The molecule has 0 radical (unpaired) electrons. The van der Waals surface area contributed by atoms with Crippen molar-refractivity contribution in [2.45, 2.75) is 183 Å². The minimum atomic E-state index is -0.585. The molecule has 9 aromatic carbocycles. The van der Waals surface area contributed by atoms with Crippen LogP contribution in [0.1, 0.15) is 139 Å². The third-order valence-electron chi connectivity index (χ3n) is 17.3. The van der Waals surface area contributed by atoms with Gasteiger partial charge in [0.05, 0.1) is 64.6 Å². The van der Waals surface area contributed by atoms with E-state index in [2.05, 4.69) is 201 Å². The van der Waals surface area contributed by atoms with Crippen LogP contribution in [0.3, 0.4) is 0 Å². The van der Waals surface area contributed by atoms with Gasteiger partial charge >= 0.3 is 11.9 Å². The summed E-state index contributed by atoms with van der Waals surface area (Å²) in [4.78, 5) is 35.4. The van der Waals surface area contributed by atoms with Crippen LogP contribution in [0, 0.1) is 0 Å². The molecule has 11 aromatic rings. The summed E-state index contributed by atoms with van der Waals surface area (Å²) in [5.41, 5.74) is 7.78. The molecule has 0 saturated carbocycles. The second-order valence-corrected chi connectivity index (χ2v) is 33.3. The molecule has 16 bridgehead atoms. The van der Waals surface area contributed by atoms with Crippen LogP contribution in [0.5, 0.6) is 23.0 Å². The number of carbonyl (C=O) groups is 2. The number of fused-ring (bicyclic) bond motifs is 9. The minimum Gasteiger partial charge on any atom is -0.487 e. The SMILES string of the molecule is CC(C)(C)c1cc2c3c(c1)Sc1cc(C(C)(C)C)cc(c1OCc1ccccc1)Sc1cc(C(C)(C)C)cc(c1OCC(=O)OCc1cn(nn1)Cc1c4ccccc4c(c4ccccc14)Cn1cc(nn1)COC(=O)CO3)Sc1cc(C(C)(C)C)cc(c1OCc1ccccc1)S2. The summed E-state index contributed by atoms with van der Waals surface area (Å²) < 4.78 is 44.4. The molecular weight excluding hydrogens is 1300 g/mol. The highest BCUT2D eigenvalue weighted by atomic mass is 32.2. The molecule has 2 aromatic heterocycles. The lowest BCUT2D eigenvalue weighted by Gasteiger charge is -2.28. The van der Waals surface area contributed by atoms with Crippen molar-refractivity contribution in [1.29, 1.82) is 0 Å². The first-order valence-corrected chi connectivity index (χ1v) is 36.2. The van der Waals surface area contributed by atoms with E-state index in [0.717, 1.165) is 105 Å². The molecule has 14 nitrogen and oxygen atoms in total. The zero-order valence-electron chi connectivity index (χ0n) is 57.4. The Morgan fingerprint density at radius 1 is 0.378 bits per heavy atom. The predicted molar refractivity (Wildman–Crippen MR) is 389 cm³/mol. The maximum atomic E-state index is 14.5.